The number of hydrogen-bond donors (Lipinski definition) is 1. The average molecular weight is 321 g/mol. The first-order valence-corrected chi connectivity index (χ1v) is 7.71. The lowest BCUT2D eigenvalue weighted by molar-refractivity contribution is 0.416. The van der Waals surface area contributed by atoms with Crippen LogP contribution in [0, 0.1) is 0 Å². The third-order valence-electron chi connectivity index (χ3n) is 3.79. The fourth-order valence-corrected chi connectivity index (χ4v) is 2.64. The molecule has 5 nitrogen and oxygen atoms in total. The number of pyridine rings is 1. The molecule has 5 heteroatoms. The van der Waals surface area contributed by atoms with E-state index in [9.17, 15) is 4.79 Å². The van der Waals surface area contributed by atoms with Gasteiger partial charge in [-0.05, 0) is 31.2 Å². The monoisotopic (exact) mass is 321 g/mol. The first-order chi connectivity index (χ1) is 11.7. The molecule has 0 aliphatic carbocycles. The molecule has 2 heterocycles. The molecule has 122 valence electrons. The summed E-state index contributed by atoms with van der Waals surface area (Å²) >= 11 is 0. The SMILES string of the molecule is C/C=C/c1cncn1Cc1ccc(-c2ccccc2OC)c(=O)[nH]1. The Hall–Kier alpha value is -3.08. The zero-order valence-electron chi connectivity index (χ0n) is 13.7. The molecule has 1 aromatic carbocycles. The molecule has 0 saturated heterocycles. The molecule has 24 heavy (non-hydrogen) atoms. The highest BCUT2D eigenvalue weighted by molar-refractivity contribution is 5.69. The summed E-state index contributed by atoms with van der Waals surface area (Å²) in [6, 6.07) is 11.2. The van der Waals surface area contributed by atoms with Gasteiger partial charge in [-0.1, -0.05) is 24.3 Å². The Kier molecular flexibility index (Phi) is 4.61. The molecular weight excluding hydrogens is 302 g/mol. The molecule has 1 N–H and O–H groups in total. The quantitative estimate of drug-likeness (QED) is 0.784. The third kappa shape index (κ3) is 3.15. The molecule has 0 radical (unpaired) electrons. The van der Waals surface area contributed by atoms with E-state index in [1.54, 1.807) is 19.6 Å². The molecule has 3 aromatic rings. The van der Waals surface area contributed by atoms with Gasteiger partial charge in [0.15, 0.2) is 0 Å². The van der Waals surface area contributed by atoms with Gasteiger partial charge < -0.3 is 14.3 Å². The van der Waals surface area contributed by atoms with Crippen molar-refractivity contribution in [1.82, 2.24) is 14.5 Å². The van der Waals surface area contributed by atoms with E-state index in [1.807, 2.05) is 60.0 Å². The largest absolute Gasteiger partial charge is 0.496 e. The smallest absolute Gasteiger partial charge is 0.256 e. The summed E-state index contributed by atoms with van der Waals surface area (Å²) in [4.78, 5) is 19.6. The maximum absolute atomic E-state index is 12.5. The molecule has 0 bridgehead atoms. The molecular formula is C19H19N3O2. The first-order valence-electron chi connectivity index (χ1n) is 7.71. The minimum Gasteiger partial charge on any atom is -0.496 e. The van der Waals surface area contributed by atoms with Gasteiger partial charge in [0.1, 0.15) is 5.75 Å². The number of rotatable bonds is 5. The number of nitrogens with one attached hydrogen (secondary N) is 1. The highest BCUT2D eigenvalue weighted by Crippen LogP contribution is 2.26. The van der Waals surface area contributed by atoms with Gasteiger partial charge in [-0.25, -0.2) is 4.98 Å². The van der Waals surface area contributed by atoms with Crippen LogP contribution in [0.1, 0.15) is 18.3 Å². The lowest BCUT2D eigenvalue weighted by Crippen LogP contribution is -2.13. The Morgan fingerprint density at radius 3 is 2.79 bits per heavy atom. The summed E-state index contributed by atoms with van der Waals surface area (Å²) in [6.45, 7) is 2.52. The van der Waals surface area contributed by atoms with Gasteiger partial charge >= 0.3 is 0 Å². The molecule has 2 aromatic heterocycles. The van der Waals surface area contributed by atoms with Gasteiger partial charge in [0.05, 0.1) is 37.4 Å². The summed E-state index contributed by atoms with van der Waals surface area (Å²) in [5.74, 6) is 0.681. The summed E-state index contributed by atoms with van der Waals surface area (Å²) < 4.78 is 7.32. The summed E-state index contributed by atoms with van der Waals surface area (Å²) in [6.07, 6.45) is 7.48. The van der Waals surface area contributed by atoms with E-state index in [0.29, 0.717) is 17.9 Å². The third-order valence-corrected chi connectivity index (χ3v) is 3.79. The number of allylic oxidation sites excluding steroid dienone is 1. The van der Waals surface area contributed by atoms with Crippen LogP contribution in [-0.4, -0.2) is 21.6 Å². The van der Waals surface area contributed by atoms with Crippen molar-refractivity contribution in [3.63, 3.8) is 0 Å². The summed E-state index contributed by atoms with van der Waals surface area (Å²) in [5.41, 5.74) is 3.06. The van der Waals surface area contributed by atoms with E-state index < -0.39 is 0 Å². The Morgan fingerprint density at radius 1 is 1.21 bits per heavy atom. The molecule has 3 rings (SSSR count). The number of aromatic amines is 1. The number of hydrogen-bond acceptors (Lipinski definition) is 3. The highest BCUT2D eigenvalue weighted by atomic mass is 16.5. The second-order valence-corrected chi connectivity index (χ2v) is 5.37. The molecule has 0 aliphatic heterocycles. The number of methoxy groups -OCH3 is 1. The van der Waals surface area contributed by atoms with Gasteiger partial charge in [-0.15, -0.1) is 0 Å². The van der Waals surface area contributed by atoms with Crippen molar-refractivity contribution >= 4 is 6.08 Å². The minimum atomic E-state index is -0.135. The number of para-hydroxylation sites is 1. The Bertz CT molecular complexity index is 922. The van der Waals surface area contributed by atoms with Gasteiger partial charge in [0.25, 0.3) is 5.56 Å². The van der Waals surface area contributed by atoms with Gasteiger partial charge in [-0.3, -0.25) is 4.79 Å². The zero-order valence-corrected chi connectivity index (χ0v) is 13.7. The molecule has 0 fully saturated rings. The van der Waals surface area contributed by atoms with Crippen molar-refractivity contribution in [1.29, 1.82) is 0 Å². The number of benzene rings is 1. The Labute approximate surface area is 140 Å². The van der Waals surface area contributed by atoms with Crippen molar-refractivity contribution in [2.24, 2.45) is 0 Å². The lowest BCUT2D eigenvalue weighted by Gasteiger charge is -2.09. The van der Waals surface area contributed by atoms with Crippen LogP contribution in [0.3, 0.4) is 0 Å². The molecule has 0 spiro atoms. The van der Waals surface area contributed by atoms with E-state index in [-0.39, 0.29) is 5.56 Å². The van der Waals surface area contributed by atoms with Crippen LogP contribution < -0.4 is 10.3 Å². The van der Waals surface area contributed by atoms with Crippen LogP contribution in [0.15, 0.2) is 59.8 Å². The van der Waals surface area contributed by atoms with Crippen LogP contribution in [-0.2, 0) is 6.54 Å². The molecule has 0 unspecified atom stereocenters. The van der Waals surface area contributed by atoms with Gasteiger partial charge in [-0.2, -0.15) is 0 Å². The van der Waals surface area contributed by atoms with Gasteiger partial charge in [0, 0.05) is 11.3 Å². The van der Waals surface area contributed by atoms with Crippen LogP contribution in [0.4, 0.5) is 0 Å². The predicted octanol–water partition coefficient (Wildman–Crippen LogP) is 3.33. The standard InChI is InChI=1S/C19H19N3O2/c1-3-6-15-11-20-13-22(15)12-14-9-10-17(19(23)21-14)16-7-4-5-8-18(16)24-2/h3-11,13H,12H2,1-2H3,(H,21,23)/b6-3+. The topological polar surface area (TPSA) is 59.9 Å². The summed E-state index contributed by atoms with van der Waals surface area (Å²) in [7, 11) is 1.60. The fourth-order valence-electron chi connectivity index (χ4n) is 2.64. The van der Waals surface area contributed by atoms with Crippen molar-refractivity contribution in [3.8, 4) is 16.9 Å². The predicted molar refractivity (Wildman–Crippen MR) is 95.1 cm³/mol. The average Bonchev–Trinajstić information content (AvgIpc) is 3.02. The fraction of sp³-hybridized carbons (Fsp3) is 0.158. The van der Waals surface area contributed by atoms with E-state index >= 15 is 0 Å². The van der Waals surface area contributed by atoms with Crippen LogP contribution in [0.5, 0.6) is 5.75 Å². The number of ether oxygens (including phenoxy) is 1. The minimum absolute atomic E-state index is 0.135. The van der Waals surface area contributed by atoms with E-state index in [4.69, 9.17) is 4.74 Å². The van der Waals surface area contributed by atoms with E-state index in [1.165, 1.54) is 0 Å². The first kappa shape index (κ1) is 15.8. The summed E-state index contributed by atoms with van der Waals surface area (Å²) in [5, 5.41) is 0. The lowest BCUT2D eigenvalue weighted by atomic mass is 10.1. The number of aromatic nitrogens is 3. The molecule has 0 aliphatic rings. The molecule has 0 atom stereocenters. The van der Waals surface area contributed by atoms with E-state index in [2.05, 4.69) is 9.97 Å². The number of H-pyrrole nitrogens is 1. The van der Waals surface area contributed by atoms with E-state index in [0.717, 1.165) is 17.0 Å². The second-order valence-electron chi connectivity index (χ2n) is 5.37. The van der Waals surface area contributed by atoms with Crippen LogP contribution in [0.2, 0.25) is 0 Å². The van der Waals surface area contributed by atoms with Crippen LogP contribution in [0.25, 0.3) is 17.2 Å². The number of nitrogens with zero attached hydrogens (tertiary/aromatic N) is 2. The number of imidazole rings is 1. The van der Waals surface area contributed by atoms with Crippen molar-refractivity contribution in [2.75, 3.05) is 7.11 Å². The second kappa shape index (κ2) is 7.00. The van der Waals surface area contributed by atoms with Crippen molar-refractivity contribution in [3.05, 3.63) is 76.7 Å². The maximum atomic E-state index is 12.5. The zero-order chi connectivity index (χ0) is 16.9. The molecule has 0 saturated carbocycles. The normalized spacial score (nSPS) is 11.1. The van der Waals surface area contributed by atoms with Crippen molar-refractivity contribution < 1.29 is 4.74 Å². The maximum Gasteiger partial charge on any atom is 0.256 e. The Balaban J connectivity index is 1.93. The molecule has 0 amide bonds. The Morgan fingerprint density at radius 2 is 2.04 bits per heavy atom. The van der Waals surface area contributed by atoms with Crippen molar-refractivity contribution in [2.45, 2.75) is 13.5 Å². The van der Waals surface area contributed by atoms with Crippen LogP contribution >= 0.6 is 0 Å². The van der Waals surface area contributed by atoms with Gasteiger partial charge in [0.2, 0.25) is 0 Å². The highest BCUT2D eigenvalue weighted by Gasteiger charge is 2.10.